The molecule has 3 aliphatic heterocycles. The van der Waals surface area contributed by atoms with Gasteiger partial charge in [-0.15, -0.1) is 0 Å². The van der Waals surface area contributed by atoms with Crippen LogP contribution in [0, 0.1) is 5.92 Å². The Labute approximate surface area is 252 Å². The molecule has 0 unspecified atom stereocenters. The number of amides is 1. The van der Waals surface area contributed by atoms with Gasteiger partial charge in [-0.05, 0) is 75.7 Å². The minimum Gasteiger partial charge on any atom is -0.493 e. The summed E-state index contributed by atoms with van der Waals surface area (Å²) in [6.07, 6.45) is 10.0. The molecule has 2 N–H and O–H groups in total. The molecule has 0 saturated carbocycles. The van der Waals surface area contributed by atoms with Crippen LogP contribution in [0.1, 0.15) is 50.5 Å². The molecule has 3 aliphatic rings. The summed E-state index contributed by atoms with van der Waals surface area (Å²) in [6, 6.07) is 14.3. The summed E-state index contributed by atoms with van der Waals surface area (Å²) in [5.41, 5.74) is 2.47. The van der Waals surface area contributed by atoms with E-state index >= 15 is 0 Å². The zero-order valence-corrected chi connectivity index (χ0v) is 25.0. The Morgan fingerprint density at radius 1 is 0.977 bits per heavy atom. The number of benzene rings is 2. The van der Waals surface area contributed by atoms with Gasteiger partial charge in [-0.3, -0.25) is 0 Å². The lowest BCUT2D eigenvalue weighted by molar-refractivity contribution is 0.0353. The third kappa shape index (κ3) is 6.06. The summed E-state index contributed by atoms with van der Waals surface area (Å²) >= 11 is 0. The molecule has 3 saturated heterocycles. The molecule has 5 heterocycles. The van der Waals surface area contributed by atoms with E-state index in [2.05, 4.69) is 20.1 Å². The number of fused-ring (bicyclic) bond motifs is 3. The number of aromatic amines is 1. The average molecular weight is 587 g/mol. The fourth-order valence-electron chi connectivity index (χ4n) is 7.47. The summed E-state index contributed by atoms with van der Waals surface area (Å²) in [4.78, 5) is 21.4. The fraction of sp³-hybridized carbons (Fsp3) is 0.500. The molecule has 9 nitrogen and oxygen atoms in total. The molecular formula is C34H42N4O5. The van der Waals surface area contributed by atoms with Crippen LogP contribution < -0.4 is 19.5 Å². The van der Waals surface area contributed by atoms with E-state index in [4.69, 9.17) is 18.6 Å². The fourth-order valence-corrected chi connectivity index (χ4v) is 7.47. The third-order valence-corrected chi connectivity index (χ3v) is 9.68. The molecule has 2 atom stereocenters. The van der Waals surface area contributed by atoms with E-state index in [-0.39, 0.29) is 6.04 Å². The van der Waals surface area contributed by atoms with Gasteiger partial charge in [0.05, 0.1) is 18.9 Å². The van der Waals surface area contributed by atoms with Crippen LogP contribution in [0.2, 0.25) is 0 Å². The molecule has 0 spiro atoms. The van der Waals surface area contributed by atoms with Crippen LogP contribution in [-0.4, -0.2) is 72.8 Å². The van der Waals surface area contributed by atoms with E-state index < -0.39 is 6.09 Å². The molecule has 9 heteroatoms. The van der Waals surface area contributed by atoms with Gasteiger partial charge in [0.1, 0.15) is 12.4 Å². The minimum absolute atomic E-state index is 0.132. The van der Waals surface area contributed by atoms with Gasteiger partial charge in [0, 0.05) is 54.1 Å². The van der Waals surface area contributed by atoms with Gasteiger partial charge in [0.25, 0.3) is 0 Å². The monoisotopic (exact) mass is 586 g/mol. The van der Waals surface area contributed by atoms with Crippen LogP contribution in [0.4, 0.5) is 4.79 Å². The predicted octanol–water partition coefficient (Wildman–Crippen LogP) is 6.32. The van der Waals surface area contributed by atoms with Crippen LogP contribution in [0.15, 0.2) is 53.1 Å². The number of rotatable bonds is 8. The second-order valence-corrected chi connectivity index (χ2v) is 12.3. The first-order valence-corrected chi connectivity index (χ1v) is 15.9. The summed E-state index contributed by atoms with van der Waals surface area (Å²) in [5, 5.41) is 4.90. The first-order chi connectivity index (χ1) is 21.1. The normalized spacial score (nSPS) is 22.0. The van der Waals surface area contributed by atoms with E-state index in [0.29, 0.717) is 29.6 Å². The molecular weight excluding hydrogens is 544 g/mol. The number of methoxy groups -OCH3 is 1. The molecule has 0 aliphatic carbocycles. The van der Waals surface area contributed by atoms with Crippen LogP contribution in [0.25, 0.3) is 21.9 Å². The number of carbonyl (C=O) groups excluding carboxylic acids is 1. The highest BCUT2D eigenvalue weighted by atomic mass is 16.6. The lowest BCUT2D eigenvalue weighted by atomic mass is 9.83. The van der Waals surface area contributed by atoms with Crippen molar-refractivity contribution in [3.63, 3.8) is 0 Å². The quantitative estimate of drug-likeness (QED) is 0.250. The van der Waals surface area contributed by atoms with Gasteiger partial charge in [0.2, 0.25) is 5.88 Å². The van der Waals surface area contributed by atoms with Gasteiger partial charge in [-0.1, -0.05) is 24.6 Å². The highest BCUT2D eigenvalue weighted by Crippen LogP contribution is 2.34. The molecule has 2 aromatic heterocycles. The second kappa shape index (κ2) is 12.5. The summed E-state index contributed by atoms with van der Waals surface area (Å²) in [7, 11) is 1.63. The molecule has 4 aromatic rings. The highest BCUT2D eigenvalue weighted by molar-refractivity contribution is 5.89. The second-order valence-electron chi connectivity index (χ2n) is 12.3. The maximum atomic E-state index is 12.8. The number of nitrogens with zero attached hydrogens (tertiary/aromatic N) is 2. The predicted molar refractivity (Wildman–Crippen MR) is 166 cm³/mol. The van der Waals surface area contributed by atoms with E-state index in [0.717, 1.165) is 59.7 Å². The minimum atomic E-state index is -0.420. The van der Waals surface area contributed by atoms with Crippen molar-refractivity contribution in [1.82, 2.24) is 20.1 Å². The van der Waals surface area contributed by atoms with Crippen molar-refractivity contribution in [3.05, 3.63) is 54.3 Å². The number of ether oxygens (including phenoxy) is 3. The van der Waals surface area contributed by atoms with Crippen LogP contribution in [-0.2, 0) is 6.61 Å². The van der Waals surface area contributed by atoms with Crippen molar-refractivity contribution >= 4 is 28.0 Å². The third-order valence-electron chi connectivity index (χ3n) is 9.68. The molecule has 2 aromatic carbocycles. The zero-order valence-electron chi connectivity index (χ0n) is 25.0. The lowest BCUT2D eigenvalue weighted by Crippen LogP contribution is -2.52. The number of likely N-dealkylation sites (tertiary alicyclic amines) is 1. The number of hydrogen-bond acceptors (Lipinski definition) is 7. The lowest BCUT2D eigenvalue weighted by Gasteiger charge is -2.46. The first kappa shape index (κ1) is 28.1. The maximum Gasteiger partial charge on any atom is 0.414 e. The molecule has 228 valence electrons. The molecule has 1 amide bonds. The van der Waals surface area contributed by atoms with E-state index in [9.17, 15) is 4.79 Å². The SMILES string of the molecule is COc1cccc2c(COc3cccc4[nH]c(OC(=O)NC5CCN(C[C@@H]6CCCN7CCCC[C@H]67)CC5)cc34)coc12. The topological polar surface area (TPSA) is 92.2 Å². The number of piperidine rings is 3. The molecule has 43 heavy (non-hydrogen) atoms. The molecule has 0 radical (unpaired) electrons. The molecule has 7 rings (SSSR count). The Morgan fingerprint density at radius 3 is 2.70 bits per heavy atom. The molecule has 0 bridgehead atoms. The van der Waals surface area contributed by atoms with Crippen molar-refractivity contribution in [2.24, 2.45) is 5.92 Å². The Balaban J connectivity index is 0.917. The van der Waals surface area contributed by atoms with Crippen molar-refractivity contribution in [1.29, 1.82) is 0 Å². The Morgan fingerprint density at radius 2 is 1.81 bits per heavy atom. The number of furan rings is 1. The van der Waals surface area contributed by atoms with Crippen molar-refractivity contribution < 1.29 is 23.4 Å². The largest absolute Gasteiger partial charge is 0.493 e. The first-order valence-electron chi connectivity index (χ1n) is 15.9. The number of carbonyl (C=O) groups is 1. The summed E-state index contributed by atoms with van der Waals surface area (Å²) in [5.74, 6) is 2.58. The van der Waals surface area contributed by atoms with E-state index in [1.165, 1.54) is 51.7 Å². The standard InChI is InChI=1S/C34H42N4O5/c1-40-31-12-4-8-26-24(22-42-33(26)31)21-41-30-11-5-9-28-27(30)19-32(36-28)43-34(39)35-25-13-17-37(18-14-25)20-23-7-6-16-38-15-3-2-10-29(23)38/h4-5,8-9,11-12,19,22-23,25,29,36H,2-3,6-7,10,13-18,20-21H2,1H3,(H,35,39)/t23-,29+/m0/s1. The number of hydrogen-bond donors (Lipinski definition) is 2. The smallest absolute Gasteiger partial charge is 0.414 e. The van der Waals surface area contributed by atoms with E-state index in [1.54, 1.807) is 13.4 Å². The Bertz CT molecular complexity index is 1550. The van der Waals surface area contributed by atoms with Gasteiger partial charge in [0.15, 0.2) is 11.3 Å². The number of aromatic nitrogens is 1. The number of H-pyrrole nitrogens is 1. The van der Waals surface area contributed by atoms with Gasteiger partial charge < -0.3 is 38.7 Å². The van der Waals surface area contributed by atoms with Crippen LogP contribution in [0.3, 0.4) is 0 Å². The Kier molecular flexibility index (Phi) is 8.17. The number of para-hydroxylation sites is 1. The van der Waals surface area contributed by atoms with Crippen LogP contribution in [0.5, 0.6) is 17.4 Å². The Hall–Kier alpha value is -3.69. The zero-order chi connectivity index (χ0) is 29.2. The van der Waals surface area contributed by atoms with Crippen LogP contribution >= 0.6 is 0 Å². The maximum absolute atomic E-state index is 12.8. The number of nitrogens with one attached hydrogen (secondary N) is 2. The van der Waals surface area contributed by atoms with Crippen molar-refractivity contribution in [2.75, 3.05) is 39.8 Å². The van der Waals surface area contributed by atoms with Crippen molar-refractivity contribution in [3.8, 4) is 17.4 Å². The molecule has 3 fully saturated rings. The highest BCUT2D eigenvalue weighted by Gasteiger charge is 2.34. The summed E-state index contributed by atoms with van der Waals surface area (Å²) < 4.78 is 23.0. The van der Waals surface area contributed by atoms with Gasteiger partial charge in [-0.25, -0.2) is 4.79 Å². The van der Waals surface area contributed by atoms with Crippen molar-refractivity contribution in [2.45, 2.75) is 63.6 Å². The van der Waals surface area contributed by atoms with Gasteiger partial charge in [-0.2, -0.15) is 0 Å². The van der Waals surface area contributed by atoms with E-state index in [1.807, 2.05) is 42.5 Å². The summed E-state index contributed by atoms with van der Waals surface area (Å²) in [6.45, 7) is 6.17. The average Bonchev–Trinajstić information content (AvgIpc) is 3.65. The van der Waals surface area contributed by atoms with Gasteiger partial charge >= 0.3 is 6.09 Å².